The zero-order valence-electron chi connectivity index (χ0n) is 27.4. The highest BCUT2D eigenvalue weighted by molar-refractivity contribution is 7.47. The Morgan fingerprint density at radius 2 is 1.26 bits per heavy atom. The van der Waals surface area contributed by atoms with Gasteiger partial charge in [-0.05, 0) is 19.3 Å². The SMILES string of the molecule is CCCCCCCCCCCCCCCCCCNC(=O)OC[C@@H]1[C@@H](COP(=O)(O)OCC[N+](C)(C)C)[C@@H]2CC[C@H]1O2. The van der Waals surface area contributed by atoms with Crippen LogP contribution in [0.25, 0.3) is 0 Å². The van der Waals surface area contributed by atoms with E-state index in [0.717, 1.165) is 25.7 Å². The number of hydrogen-bond donors (Lipinski definition) is 2. The predicted molar refractivity (Wildman–Crippen MR) is 168 cm³/mol. The number of nitrogens with zero attached hydrogens (tertiary/aromatic N) is 1. The van der Waals surface area contributed by atoms with E-state index in [4.69, 9.17) is 18.5 Å². The molecule has 0 spiro atoms. The molecule has 0 saturated carbocycles. The Labute approximate surface area is 257 Å². The van der Waals surface area contributed by atoms with E-state index in [2.05, 4.69) is 12.2 Å². The van der Waals surface area contributed by atoms with Gasteiger partial charge in [0.05, 0.1) is 46.6 Å². The molecule has 2 fully saturated rings. The van der Waals surface area contributed by atoms with E-state index in [0.29, 0.717) is 17.6 Å². The van der Waals surface area contributed by atoms with Gasteiger partial charge in [0.25, 0.3) is 0 Å². The Balaban J connectivity index is 1.46. The maximum Gasteiger partial charge on any atom is 0.472 e. The van der Waals surface area contributed by atoms with Crippen molar-refractivity contribution in [2.45, 2.75) is 135 Å². The van der Waals surface area contributed by atoms with Crippen LogP contribution < -0.4 is 5.32 Å². The van der Waals surface area contributed by atoms with Gasteiger partial charge in [-0.3, -0.25) is 9.05 Å². The zero-order valence-corrected chi connectivity index (χ0v) is 28.3. The summed E-state index contributed by atoms with van der Waals surface area (Å²) in [6, 6.07) is 0. The van der Waals surface area contributed by atoms with Crippen LogP contribution >= 0.6 is 7.82 Å². The van der Waals surface area contributed by atoms with Crippen LogP contribution in [-0.4, -0.2) is 81.7 Å². The van der Waals surface area contributed by atoms with Gasteiger partial charge in [0.2, 0.25) is 0 Å². The van der Waals surface area contributed by atoms with Crippen molar-refractivity contribution in [2.24, 2.45) is 11.8 Å². The molecule has 248 valence electrons. The number of rotatable bonds is 26. The smallest absolute Gasteiger partial charge is 0.449 e. The van der Waals surface area contributed by atoms with E-state index >= 15 is 0 Å². The van der Waals surface area contributed by atoms with Crippen molar-refractivity contribution >= 4 is 13.9 Å². The summed E-state index contributed by atoms with van der Waals surface area (Å²) >= 11 is 0. The topological polar surface area (TPSA) is 103 Å². The first-order chi connectivity index (χ1) is 20.1. The Kier molecular flexibility index (Phi) is 18.8. The molecule has 2 N–H and O–H groups in total. The first-order valence-corrected chi connectivity index (χ1v) is 18.6. The number of carbonyl (C=O) groups excluding carboxylic acids is 1. The van der Waals surface area contributed by atoms with Crippen molar-refractivity contribution in [1.29, 1.82) is 0 Å². The highest BCUT2D eigenvalue weighted by atomic mass is 31.2. The number of phosphoric acid groups is 1. The lowest BCUT2D eigenvalue weighted by Crippen LogP contribution is -2.37. The molecular formula is C32H64N2O7P+. The van der Waals surface area contributed by atoms with E-state index in [1.54, 1.807) is 0 Å². The quantitative estimate of drug-likeness (QED) is 0.0584. The largest absolute Gasteiger partial charge is 0.472 e. The molecule has 2 bridgehead atoms. The van der Waals surface area contributed by atoms with Gasteiger partial charge in [0.15, 0.2) is 0 Å². The minimum atomic E-state index is -4.15. The number of likely N-dealkylation sites (N-methyl/N-ethyl adjacent to an activating group) is 1. The van der Waals surface area contributed by atoms with Crippen molar-refractivity contribution < 1.29 is 37.3 Å². The molecule has 9 nitrogen and oxygen atoms in total. The monoisotopic (exact) mass is 619 g/mol. The van der Waals surface area contributed by atoms with Crippen molar-refractivity contribution in [1.82, 2.24) is 5.32 Å². The molecule has 0 aromatic heterocycles. The molecule has 2 rings (SSSR count). The first kappa shape index (κ1) is 37.5. The van der Waals surface area contributed by atoms with Gasteiger partial charge >= 0.3 is 13.9 Å². The van der Waals surface area contributed by atoms with Gasteiger partial charge in [-0.2, -0.15) is 0 Å². The summed E-state index contributed by atoms with van der Waals surface area (Å²) in [5.41, 5.74) is 0. The molecule has 0 aromatic carbocycles. The molecular weight excluding hydrogens is 555 g/mol. The van der Waals surface area contributed by atoms with Gasteiger partial charge in [-0.25, -0.2) is 9.36 Å². The summed E-state index contributed by atoms with van der Waals surface area (Å²) < 4.78 is 35.0. The summed E-state index contributed by atoms with van der Waals surface area (Å²) in [7, 11) is 1.82. The van der Waals surface area contributed by atoms with E-state index in [9.17, 15) is 14.3 Å². The maximum atomic E-state index is 12.3. The Hall–Kier alpha value is -0.700. The summed E-state index contributed by atoms with van der Waals surface area (Å²) in [5.74, 6) is -0.143. The lowest BCUT2D eigenvalue weighted by molar-refractivity contribution is -0.870. The molecule has 1 unspecified atom stereocenters. The third kappa shape index (κ3) is 17.0. The van der Waals surface area contributed by atoms with Crippen LogP contribution in [0.2, 0.25) is 0 Å². The normalized spacial score (nSPS) is 23.3. The van der Waals surface area contributed by atoms with E-state index in [1.165, 1.54) is 89.9 Å². The molecule has 5 atom stereocenters. The zero-order chi connectivity index (χ0) is 30.7. The van der Waals surface area contributed by atoms with Gasteiger partial charge in [0, 0.05) is 18.4 Å². The van der Waals surface area contributed by atoms with Crippen LogP contribution in [0.4, 0.5) is 4.79 Å². The number of fused-ring (bicyclic) bond motifs is 2. The third-order valence-electron chi connectivity index (χ3n) is 8.74. The van der Waals surface area contributed by atoms with Crippen LogP contribution in [0.3, 0.4) is 0 Å². The number of quaternary nitrogens is 1. The second-order valence-electron chi connectivity index (χ2n) is 13.6. The molecule has 2 saturated heterocycles. The number of phosphoric ester groups is 1. The number of hydrogen-bond acceptors (Lipinski definition) is 6. The lowest BCUT2D eigenvalue weighted by Gasteiger charge is -2.28. The second kappa shape index (κ2) is 21.1. The van der Waals surface area contributed by atoms with Crippen LogP contribution in [0.1, 0.15) is 122 Å². The Bertz CT molecular complexity index is 764. The molecule has 2 aliphatic rings. The maximum absolute atomic E-state index is 12.3. The number of alkyl carbamates (subject to hydrolysis) is 1. The minimum absolute atomic E-state index is 0.00564. The highest BCUT2D eigenvalue weighted by Gasteiger charge is 2.50. The fraction of sp³-hybridized carbons (Fsp3) is 0.969. The van der Waals surface area contributed by atoms with E-state index < -0.39 is 13.9 Å². The average Bonchev–Trinajstić information content (AvgIpc) is 3.53. The second-order valence-corrected chi connectivity index (χ2v) is 15.0. The van der Waals surface area contributed by atoms with Gasteiger partial charge in [0.1, 0.15) is 13.2 Å². The average molecular weight is 620 g/mol. The molecule has 2 aliphatic heterocycles. The number of amides is 1. The molecule has 0 radical (unpaired) electrons. The standard InChI is InChI=1S/C32H63N2O7P/c1-5-6-7-8-9-10-11-12-13-14-15-16-17-18-19-20-23-33-32(35)38-26-28-29(31-22-21-30(28)41-31)27-40-42(36,37)39-25-24-34(2,3)4/h28-31H,5-27H2,1-4H3,(H-,33,35,36,37)/p+1/t28-,29-,30-,31+/m1/s1. The molecule has 1 amide bonds. The van der Waals surface area contributed by atoms with Crippen molar-refractivity contribution in [2.75, 3.05) is 54.1 Å². The number of unbranched alkanes of at least 4 members (excludes halogenated alkanes) is 15. The van der Waals surface area contributed by atoms with Crippen molar-refractivity contribution in [3.63, 3.8) is 0 Å². The van der Waals surface area contributed by atoms with Gasteiger partial charge < -0.3 is 24.2 Å². The fourth-order valence-electron chi connectivity index (χ4n) is 6.07. The fourth-order valence-corrected chi connectivity index (χ4v) is 6.81. The van der Waals surface area contributed by atoms with Gasteiger partial charge in [-0.1, -0.05) is 103 Å². The van der Waals surface area contributed by atoms with E-state index in [1.807, 2.05) is 21.1 Å². The van der Waals surface area contributed by atoms with E-state index in [-0.39, 0.29) is 43.9 Å². The van der Waals surface area contributed by atoms with Crippen molar-refractivity contribution in [3.8, 4) is 0 Å². The summed E-state index contributed by atoms with van der Waals surface area (Å²) in [6.07, 6.45) is 22.5. The van der Waals surface area contributed by atoms with Gasteiger partial charge in [-0.15, -0.1) is 0 Å². The summed E-state index contributed by atoms with van der Waals surface area (Å²) in [5, 5.41) is 2.87. The minimum Gasteiger partial charge on any atom is -0.449 e. The molecule has 2 heterocycles. The molecule has 10 heteroatoms. The summed E-state index contributed by atoms with van der Waals surface area (Å²) in [6.45, 7) is 3.89. The molecule has 0 aromatic rings. The number of nitrogens with one attached hydrogen (secondary N) is 1. The van der Waals surface area contributed by atoms with Crippen LogP contribution in [0, 0.1) is 11.8 Å². The summed E-state index contributed by atoms with van der Waals surface area (Å²) in [4.78, 5) is 22.4. The predicted octanol–water partition coefficient (Wildman–Crippen LogP) is 7.61. The Morgan fingerprint density at radius 3 is 1.76 bits per heavy atom. The molecule has 42 heavy (non-hydrogen) atoms. The van der Waals surface area contributed by atoms with Crippen LogP contribution in [0.5, 0.6) is 0 Å². The lowest BCUT2D eigenvalue weighted by atomic mass is 9.80. The first-order valence-electron chi connectivity index (χ1n) is 17.1. The molecule has 0 aliphatic carbocycles. The highest BCUT2D eigenvalue weighted by Crippen LogP contribution is 2.48. The Morgan fingerprint density at radius 1 is 0.786 bits per heavy atom. The number of ether oxygens (including phenoxy) is 2. The van der Waals surface area contributed by atoms with Crippen LogP contribution in [0.15, 0.2) is 0 Å². The number of carbonyl (C=O) groups is 1. The van der Waals surface area contributed by atoms with Crippen LogP contribution in [-0.2, 0) is 23.1 Å². The van der Waals surface area contributed by atoms with Crippen molar-refractivity contribution in [3.05, 3.63) is 0 Å². The third-order valence-corrected chi connectivity index (χ3v) is 9.73.